The van der Waals surface area contributed by atoms with Gasteiger partial charge in [0.25, 0.3) is 0 Å². The number of carboxylic acid groups (broad SMARTS) is 3. The van der Waals surface area contributed by atoms with Gasteiger partial charge in [0.15, 0.2) is 0 Å². The highest BCUT2D eigenvalue weighted by atomic mass is 16.4. The minimum atomic E-state index is -1.18. The van der Waals surface area contributed by atoms with E-state index in [2.05, 4.69) is 0 Å². The number of phenols is 1. The van der Waals surface area contributed by atoms with Crippen molar-refractivity contribution in [3.63, 3.8) is 0 Å². The summed E-state index contributed by atoms with van der Waals surface area (Å²) >= 11 is 0. The molecular formula is C22H31N3O8. The van der Waals surface area contributed by atoms with Crippen LogP contribution < -0.4 is 17.2 Å². The largest absolute Gasteiger partial charge is 0.508 e. The molecule has 0 amide bonds. The number of aliphatic hydroxyl groups is 1. The van der Waals surface area contributed by atoms with Crippen molar-refractivity contribution in [3.05, 3.63) is 65.7 Å². The van der Waals surface area contributed by atoms with Gasteiger partial charge < -0.3 is 42.7 Å². The molecule has 2 aromatic rings. The predicted octanol–water partition coefficient (Wildman–Crippen LogP) is -0.233. The average Bonchev–Trinajstić information content (AvgIpc) is 2.76. The number of aliphatic hydroxyl groups excluding tert-OH is 1. The Morgan fingerprint density at radius 2 is 1.12 bits per heavy atom. The van der Waals surface area contributed by atoms with Crippen LogP contribution in [0.4, 0.5) is 0 Å². The molecule has 0 spiro atoms. The lowest BCUT2D eigenvalue weighted by Gasteiger charge is -2.06. The van der Waals surface area contributed by atoms with Crippen LogP contribution in [0.3, 0.4) is 0 Å². The molecule has 0 heterocycles. The van der Waals surface area contributed by atoms with Gasteiger partial charge in [-0.25, -0.2) is 0 Å². The number of aromatic hydroxyl groups is 1. The minimum absolute atomic E-state index is 0.160. The maximum atomic E-state index is 10.4. The van der Waals surface area contributed by atoms with Gasteiger partial charge in [0.1, 0.15) is 23.9 Å². The Morgan fingerprint density at radius 3 is 1.42 bits per heavy atom. The van der Waals surface area contributed by atoms with Crippen molar-refractivity contribution in [3.8, 4) is 5.75 Å². The molecule has 4 atom stereocenters. The van der Waals surface area contributed by atoms with Gasteiger partial charge >= 0.3 is 17.9 Å². The van der Waals surface area contributed by atoms with Crippen molar-refractivity contribution in [1.29, 1.82) is 0 Å². The van der Waals surface area contributed by atoms with Crippen molar-refractivity contribution < 1.29 is 39.9 Å². The first-order chi connectivity index (χ1) is 15.3. The van der Waals surface area contributed by atoms with Gasteiger partial charge in [-0.1, -0.05) is 42.5 Å². The molecule has 182 valence electrons. The highest BCUT2D eigenvalue weighted by Gasteiger charge is 2.16. The molecule has 11 heteroatoms. The minimum Gasteiger partial charge on any atom is -0.508 e. The van der Waals surface area contributed by atoms with Gasteiger partial charge in [0.05, 0.1) is 6.10 Å². The fraction of sp³-hybridized carbons (Fsp3) is 0.318. The molecule has 0 aliphatic rings. The monoisotopic (exact) mass is 465 g/mol. The summed E-state index contributed by atoms with van der Waals surface area (Å²) in [7, 11) is 0. The molecule has 4 unspecified atom stereocenters. The maximum Gasteiger partial charge on any atom is 0.323 e. The molecule has 0 aliphatic carbocycles. The summed E-state index contributed by atoms with van der Waals surface area (Å²) in [6.45, 7) is 1.33. The molecule has 33 heavy (non-hydrogen) atoms. The van der Waals surface area contributed by atoms with E-state index >= 15 is 0 Å². The Hall–Kier alpha value is -3.51. The predicted molar refractivity (Wildman–Crippen MR) is 120 cm³/mol. The highest BCUT2D eigenvalue weighted by Crippen LogP contribution is 2.10. The molecule has 0 aliphatic heterocycles. The first-order valence-corrected chi connectivity index (χ1v) is 9.80. The third-order valence-corrected chi connectivity index (χ3v) is 4.13. The van der Waals surface area contributed by atoms with Crippen molar-refractivity contribution in [1.82, 2.24) is 0 Å². The molecule has 11 N–H and O–H groups in total. The van der Waals surface area contributed by atoms with Crippen LogP contribution >= 0.6 is 0 Å². The topological polar surface area (TPSA) is 230 Å². The van der Waals surface area contributed by atoms with Gasteiger partial charge in [-0.05, 0) is 43.0 Å². The van der Waals surface area contributed by atoms with Crippen molar-refractivity contribution in [2.45, 2.75) is 44.0 Å². The standard InChI is InChI=1S/C9H11NO3.C9H11NO2.C4H9NO3/c10-8(9(12)13)5-6-1-3-7(11)4-2-6;10-8(9(11)12)6-7-4-2-1-3-5-7;1-2(6)3(5)4(7)8/h1-4,8,11H,5,10H2,(H,12,13);1-5,8H,6,10H2,(H,11,12);2-3,6H,5H2,1H3,(H,7,8). The second kappa shape index (κ2) is 15.3. The average molecular weight is 466 g/mol. The van der Waals surface area contributed by atoms with Crippen molar-refractivity contribution in [2.75, 3.05) is 0 Å². The fourth-order valence-electron chi connectivity index (χ4n) is 2.13. The van der Waals surface area contributed by atoms with Crippen LogP contribution in [-0.2, 0) is 27.2 Å². The van der Waals surface area contributed by atoms with E-state index in [0.717, 1.165) is 11.1 Å². The maximum absolute atomic E-state index is 10.4. The highest BCUT2D eigenvalue weighted by molar-refractivity contribution is 5.74. The van der Waals surface area contributed by atoms with E-state index in [1.54, 1.807) is 12.1 Å². The fourth-order valence-corrected chi connectivity index (χ4v) is 2.13. The number of nitrogens with two attached hydrogens (primary N) is 3. The van der Waals surface area contributed by atoms with Crippen LogP contribution in [0.15, 0.2) is 54.6 Å². The summed E-state index contributed by atoms with van der Waals surface area (Å²) < 4.78 is 0. The molecule has 0 saturated carbocycles. The van der Waals surface area contributed by atoms with Crippen LogP contribution in [0.1, 0.15) is 18.1 Å². The second-order valence-electron chi connectivity index (χ2n) is 7.05. The molecule has 11 nitrogen and oxygen atoms in total. The van der Waals surface area contributed by atoms with Crippen LogP contribution in [0.5, 0.6) is 5.75 Å². The number of hydrogen-bond donors (Lipinski definition) is 8. The number of aliphatic carboxylic acids is 3. The number of carboxylic acids is 3. The third kappa shape index (κ3) is 13.5. The zero-order valence-corrected chi connectivity index (χ0v) is 18.1. The summed E-state index contributed by atoms with van der Waals surface area (Å²) in [5, 5.41) is 42.5. The first-order valence-electron chi connectivity index (χ1n) is 9.80. The zero-order chi connectivity index (χ0) is 25.6. The number of hydrogen-bond acceptors (Lipinski definition) is 8. The molecule has 2 aromatic carbocycles. The normalized spacial score (nSPS) is 13.6. The lowest BCUT2D eigenvalue weighted by atomic mass is 10.1. The second-order valence-corrected chi connectivity index (χ2v) is 7.05. The van der Waals surface area contributed by atoms with Crippen LogP contribution in [0.2, 0.25) is 0 Å². The van der Waals surface area contributed by atoms with E-state index in [0.29, 0.717) is 6.42 Å². The Labute approximate surface area is 191 Å². The van der Waals surface area contributed by atoms with E-state index in [4.69, 9.17) is 42.7 Å². The smallest absolute Gasteiger partial charge is 0.323 e. The molecular weight excluding hydrogens is 434 g/mol. The van der Waals surface area contributed by atoms with Gasteiger partial charge in [-0.2, -0.15) is 0 Å². The van der Waals surface area contributed by atoms with E-state index in [-0.39, 0.29) is 12.2 Å². The lowest BCUT2D eigenvalue weighted by Crippen LogP contribution is -2.39. The van der Waals surface area contributed by atoms with E-state index < -0.39 is 42.1 Å². The summed E-state index contributed by atoms with van der Waals surface area (Å²) in [6.07, 6.45) is -0.321. The van der Waals surface area contributed by atoms with Crippen molar-refractivity contribution in [2.24, 2.45) is 17.2 Å². The molecule has 0 radical (unpaired) electrons. The molecule has 0 aromatic heterocycles. The Morgan fingerprint density at radius 1 is 0.727 bits per heavy atom. The molecule has 0 fully saturated rings. The van der Waals surface area contributed by atoms with E-state index in [9.17, 15) is 14.4 Å². The number of benzene rings is 2. The summed E-state index contributed by atoms with van der Waals surface area (Å²) in [5.41, 5.74) is 17.3. The molecule has 0 bridgehead atoms. The van der Waals surface area contributed by atoms with E-state index in [1.807, 2.05) is 30.3 Å². The van der Waals surface area contributed by atoms with Gasteiger partial charge in [0, 0.05) is 0 Å². The SMILES string of the molecule is CC(O)C(N)C(=O)O.NC(Cc1ccc(O)cc1)C(=O)O.NC(Cc1ccccc1)C(=O)O. The summed E-state index contributed by atoms with van der Waals surface area (Å²) in [6, 6.07) is 12.8. The number of phenolic OH excluding ortho intramolecular Hbond substituents is 1. The zero-order valence-electron chi connectivity index (χ0n) is 18.1. The van der Waals surface area contributed by atoms with Gasteiger partial charge in [0.2, 0.25) is 0 Å². The third-order valence-electron chi connectivity index (χ3n) is 4.13. The Kier molecular flexibility index (Phi) is 13.7. The number of rotatable bonds is 8. The van der Waals surface area contributed by atoms with E-state index in [1.165, 1.54) is 19.1 Å². The van der Waals surface area contributed by atoms with Gasteiger partial charge in [-0.3, -0.25) is 14.4 Å². The Balaban J connectivity index is 0.000000480. The Bertz CT molecular complexity index is 860. The van der Waals surface area contributed by atoms with Crippen LogP contribution in [0.25, 0.3) is 0 Å². The molecule has 2 rings (SSSR count). The summed E-state index contributed by atoms with van der Waals surface area (Å²) in [4.78, 5) is 30.6. The quantitative estimate of drug-likeness (QED) is 0.253. The number of carbonyl (C=O) groups is 3. The lowest BCUT2D eigenvalue weighted by molar-refractivity contribution is -0.141. The summed E-state index contributed by atoms with van der Waals surface area (Å²) in [5.74, 6) is -3.00. The first kappa shape index (κ1) is 29.5. The molecule has 0 saturated heterocycles. The van der Waals surface area contributed by atoms with Crippen molar-refractivity contribution >= 4 is 17.9 Å². The van der Waals surface area contributed by atoms with Gasteiger partial charge in [-0.15, -0.1) is 0 Å². The van der Waals surface area contributed by atoms with Crippen LogP contribution in [-0.4, -0.2) is 67.7 Å². The van der Waals surface area contributed by atoms with Crippen LogP contribution in [0, 0.1) is 0 Å².